The monoisotopic (exact) mass is 266 g/mol. The maximum absolute atomic E-state index is 5.49. The van der Waals surface area contributed by atoms with Crippen LogP contribution in [0, 0.1) is 5.92 Å². The van der Waals surface area contributed by atoms with E-state index in [9.17, 15) is 0 Å². The fourth-order valence-corrected chi connectivity index (χ4v) is 4.31. The lowest BCUT2D eigenvalue weighted by Gasteiger charge is -2.41. The zero-order chi connectivity index (χ0) is 13.1. The molecule has 0 radical (unpaired) electrons. The SMILES string of the molecule is CCCNC1CC2CCC(C1)N2CC1CCOCC1. The Balaban J connectivity index is 1.51. The molecule has 2 unspecified atom stereocenters. The number of ether oxygens (including phenoxy) is 1. The first kappa shape index (κ1) is 13.8. The van der Waals surface area contributed by atoms with E-state index < -0.39 is 0 Å². The highest BCUT2D eigenvalue weighted by Crippen LogP contribution is 2.37. The molecule has 0 saturated carbocycles. The molecule has 3 fully saturated rings. The van der Waals surface area contributed by atoms with Crippen LogP contribution in [0.25, 0.3) is 0 Å². The molecule has 0 aromatic carbocycles. The summed E-state index contributed by atoms with van der Waals surface area (Å²) in [7, 11) is 0. The van der Waals surface area contributed by atoms with Crippen molar-refractivity contribution in [2.45, 2.75) is 70.0 Å². The van der Waals surface area contributed by atoms with E-state index in [1.54, 1.807) is 0 Å². The van der Waals surface area contributed by atoms with E-state index in [-0.39, 0.29) is 0 Å². The molecule has 0 aromatic heterocycles. The Morgan fingerprint density at radius 2 is 1.74 bits per heavy atom. The summed E-state index contributed by atoms with van der Waals surface area (Å²) >= 11 is 0. The van der Waals surface area contributed by atoms with Crippen LogP contribution in [0.4, 0.5) is 0 Å². The van der Waals surface area contributed by atoms with Gasteiger partial charge in [0.05, 0.1) is 0 Å². The minimum Gasteiger partial charge on any atom is -0.381 e. The Kier molecular flexibility index (Phi) is 4.78. The van der Waals surface area contributed by atoms with E-state index in [0.717, 1.165) is 37.3 Å². The fourth-order valence-electron chi connectivity index (χ4n) is 4.31. The van der Waals surface area contributed by atoms with Gasteiger partial charge in [-0.2, -0.15) is 0 Å². The third kappa shape index (κ3) is 3.32. The molecule has 0 amide bonds. The van der Waals surface area contributed by atoms with Crippen LogP contribution in [0.1, 0.15) is 51.9 Å². The smallest absolute Gasteiger partial charge is 0.0469 e. The largest absolute Gasteiger partial charge is 0.381 e. The van der Waals surface area contributed by atoms with Crippen LogP contribution in [0.2, 0.25) is 0 Å². The Labute approximate surface area is 118 Å². The number of piperidine rings is 1. The van der Waals surface area contributed by atoms with Crippen molar-refractivity contribution in [2.75, 3.05) is 26.3 Å². The van der Waals surface area contributed by atoms with Gasteiger partial charge >= 0.3 is 0 Å². The van der Waals surface area contributed by atoms with Gasteiger partial charge in [0.2, 0.25) is 0 Å². The summed E-state index contributed by atoms with van der Waals surface area (Å²) in [6, 6.07) is 2.54. The molecule has 2 bridgehead atoms. The maximum atomic E-state index is 5.49. The molecule has 2 atom stereocenters. The molecule has 1 N–H and O–H groups in total. The Morgan fingerprint density at radius 3 is 2.37 bits per heavy atom. The average Bonchev–Trinajstić information content (AvgIpc) is 2.69. The number of rotatable bonds is 5. The van der Waals surface area contributed by atoms with Crippen LogP contribution in [0.15, 0.2) is 0 Å². The molecular weight excluding hydrogens is 236 g/mol. The summed E-state index contributed by atoms with van der Waals surface area (Å²) in [5, 5.41) is 3.75. The van der Waals surface area contributed by atoms with Crippen molar-refractivity contribution in [1.82, 2.24) is 10.2 Å². The van der Waals surface area contributed by atoms with Crippen molar-refractivity contribution in [3.8, 4) is 0 Å². The van der Waals surface area contributed by atoms with Gasteiger partial charge in [-0.25, -0.2) is 0 Å². The third-order valence-corrected chi connectivity index (χ3v) is 5.38. The van der Waals surface area contributed by atoms with Crippen molar-refractivity contribution >= 4 is 0 Å². The van der Waals surface area contributed by atoms with Gasteiger partial charge in [-0.05, 0) is 57.4 Å². The fraction of sp³-hybridized carbons (Fsp3) is 1.00. The quantitative estimate of drug-likeness (QED) is 0.827. The summed E-state index contributed by atoms with van der Waals surface area (Å²) < 4.78 is 5.49. The lowest BCUT2D eigenvalue weighted by Crippen LogP contribution is -2.50. The van der Waals surface area contributed by atoms with E-state index in [1.807, 2.05) is 0 Å². The van der Waals surface area contributed by atoms with Gasteiger partial charge in [-0.3, -0.25) is 4.90 Å². The lowest BCUT2D eigenvalue weighted by molar-refractivity contribution is 0.0319. The summed E-state index contributed by atoms with van der Waals surface area (Å²) in [4.78, 5) is 2.86. The first-order valence-electron chi connectivity index (χ1n) is 8.43. The molecule has 3 heterocycles. The topological polar surface area (TPSA) is 24.5 Å². The van der Waals surface area contributed by atoms with Crippen LogP contribution in [0.3, 0.4) is 0 Å². The van der Waals surface area contributed by atoms with Crippen LogP contribution in [-0.4, -0.2) is 49.3 Å². The highest BCUT2D eigenvalue weighted by atomic mass is 16.5. The highest BCUT2D eigenvalue weighted by molar-refractivity contribution is 4.98. The highest BCUT2D eigenvalue weighted by Gasteiger charge is 2.41. The van der Waals surface area contributed by atoms with Gasteiger partial charge in [-0.15, -0.1) is 0 Å². The number of fused-ring (bicyclic) bond motifs is 2. The maximum Gasteiger partial charge on any atom is 0.0469 e. The van der Waals surface area contributed by atoms with Crippen molar-refractivity contribution in [3.63, 3.8) is 0 Å². The van der Waals surface area contributed by atoms with Gasteiger partial charge in [-0.1, -0.05) is 6.92 Å². The molecule has 3 rings (SSSR count). The number of hydrogen-bond donors (Lipinski definition) is 1. The minimum atomic E-state index is 0.795. The molecule has 19 heavy (non-hydrogen) atoms. The second kappa shape index (κ2) is 6.55. The predicted octanol–water partition coefficient (Wildman–Crippen LogP) is 2.41. The van der Waals surface area contributed by atoms with Crippen LogP contribution in [0.5, 0.6) is 0 Å². The summed E-state index contributed by atoms with van der Waals surface area (Å²) in [6.07, 6.45) is 9.49. The molecule has 0 spiro atoms. The Hall–Kier alpha value is -0.120. The van der Waals surface area contributed by atoms with E-state index in [1.165, 1.54) is 58.0 Å². The molecule has 3 aliphatic heterocycles. The minimum absolute atomic E-state index is 0.795. The van der Waals surface area contributed by atoms with E-state index in [4.69, 9.17) is 4.74 Å². The lowest BCUT2D eigenvalue weighted by atomic mass is 9.93. The Morgan fingerprint density at radius 1 is 1.05 bits per heavy atom. The van der Waals surface area contributed by atoms with Crippen molar-refractivity contribution < 1.29 is 4.74 Å². The van der Waals surface area contributed by atoms with Crippen LogP contribution in [-0.2, 0) is 4.74 Å². The average molecular weight is 266 g/mol. The number of hydrogen-bond acceptors (Lipinski definition) is 3. The van der Waals surface area contributed by atoms with Crippen LogP contribution >= 0.6 is 0 Å². The predicted molar refractivity (Wildman–Crippen MR) is 78.4 cm³/mol. The normalized spacial score (nSPS) is 36.8. The second-order valence-corrected chi connectivity index (χ2v) is 6.76. The standard InChI is InChI=1S/C16H30N2O/c1-2-7-17-14-10-15-3-4-16(11-14)18(15)12-13-5-8-19-9-6-13/h13-17H,2-12H2,1H3. The van der Waals surface area contributed by atoms with Crippen molar-refractivity contribution in [2.24, 2.45) is 5.92 Å². The zero-order valence-corrected chi connectivity index (χ0v) is 12.4. The van der Waals surface area contributed by atoms with Crippen molar-refractivity contribution in [3.05, 3.63) is 0 Å². The first-order valence-corrected chi connectivity index (χ1v) is 8.43. The van der Waals surface area contributed by atoms with E-state index in [0.29, 0.717) is 0 Å². The summed E-state index contributed by atoms with van der Waals surface area (Å²) in [6.45, 7) is 6.80. The molecule has 3 saturated heterocycles. The molecular formula is C16H30N2O. The van der Waals surface area contributed by atoms with Gasteiger partial charge in [0.25, 0.3) is 0 Å². The van der Waals surface area contributed by atoms with Crippen molar-refractivity contribution in [1.29, 1.82) is 0 Å². The van der Waals surface area contributed by atoms with Gasteiger partial charge in [0.1, 0.15) is 0 Å². The molecule has 0 aliphatic carbocycles. The molecule has 3 nitrogen and oxygen atoms in total. The van der Waals surface area contributed by atoms with Gasteiger partial charge in [0, 0.05) is 37.9 Å². The molecule has 3 heteroatoms. The Bertz CT molecular complexity index is 264. The van der Waals surface area contributed by atoms with Gasteiger partial charge < -0.3 is 10.1 Å². The molecule has 3 aliphatic rings. The summed E-state index contributed by atoms with van der Waals surface area (Å²) in [5.74, 6) is 0.900. The van der Waals surface area contributed by atoms with E-state index in [2.05, 4.69) is 17.1 Å². The summed E-state index contributed by atoms with van der Waals surface area (Å²) in [5.41, 5.74) is 0. The number of nitrogens with one attached hydrogen (secondary N) is 1. The zero-order valence-electron chi connectivity index (χ0n) is 12.4. The van der Waals surface area contributed by atoms with E-state index >= 15 is 0 Å². The molecule has 0 aromatic rings. The first-order chi connectivity index (χ1) is 9.36. The van der Waals surface area contributed by atoms with Gasteiger partial charge in [0.15, 0.2) is 0 Å². The number of nitrogens with zero attached hydrogens (tertiary/aromatic N) is 1. The van der Waals surface area contributed by atoms with Crippen LogP contribution < -0.4 is 5.32 Å². The second-order valence-electron chi connectivity index (χ2n) is 6.76. The third-order valence-electron chi connectivity index (χ3n) is 5.38. The molecule has 110 valence electrons.